The minimum Gasteiger partial charge on any atom is -0.469 e. The van der Waals surface area contributed by atoms with Crippen molar-refractivity contribution in [2.45, 2.75) is 13.3 Å². The zero-order valence-corrected chi connectivity index (χ0v) is 10.2. The number of oxime groups is 1. The van der Waals surface area contributed by atoms with Gasteiger partial charge in [-0.15, -0.1) is 0 Å². The van der Waals surface area contributed by atoms with Crippen LogP contribution in [0.3, 0.4) is 0 Å². The summed E-state index contributed by atoms with van der Waals surface area (Å²) in [6, 6.07) is 6.76. The molecule has 6 nitrogen and oxygen atoms in total. The van der Waals surface area contributed by atoms with Gasteiger partial charge in [0, 0.05) is 11.9 Å². The molecular weight excluding hydrogens is 236 g/mol. The van der Waals surface area contributed by atoms with Gasteiger partial charge in [0.1, 0.15) is 0 Å². The SMILES string of the molecule is C/C=N/OC(=O)Nc1ccc(CC(=O)OC)cc1. The van der Waals surface area contributed by atoms with Gasteiger partial charge >= 0.3 is 12.1 Å². The lowest BCUT2D eigenvalue weighted by Crippen LogP contribution is -2.10. The number of methoxy groups -OCH3 is 1. The van der Waals surface area contributed by atoms with Crippen molar-refractivity contribution in [1.82, 2.24) is 0 Å². The maximum atomic E-state index is 11.2. The Morgan fingerprint density at radius 1 is 1.33 bits per heavy atom. The molecule has 0 heterocycles. The van der Waals surface area contributed by atoms with E-state index in [1.54, 1.807) is 31.2 Å². The molecule has 0 saturated heterocycles. The van der Waals surface area contributed by atoms with Crippen LogP contribution in [-0.4, -0.2) is 25.4 Å². The van der Waals surface area contributed by atoms with Gasteiger partial charge in [-0.2, -0.15) is 0 Å². The Labute approximate surface area is 105 Å². The molecule has 0 fully saturated rings. The summed E-state index contributed by atoms with van der Waals surface area (Å²) < 4.78 is 4.55. The number of hydrogen-bond donors (Lipinski definition) is 1. The van der Waals surface area contributed by atoms with Gasteiger partial charge in [0.25, 0.3) is 0 Å². The Morgan fingerprint density at radius 2 is 2.00 bits per heavy atom. The van der Waals surface area contributed by atoms with Gasteiger partial charge in [-0.05, 0) is 24.6 Å². The quantitative estimate of drug-likeness (QED) is 0.383. The lowest BCUT2D eigenvalue weighted by atomic mass is 10.1. The third kappa shape index (κ3) is 4.65. The summed E-state index contributed by atoms with van der Waals surface area (Å²) in [4.78, 5) is 26.6. The number of nitrogens with one attached hydrogen (secondary N) is 1. The first-order valence-corrected chi connectivity index (χ1v) is 5.27. The Bertz CT molecular complexity index is 440. The van der Waals surface area contributed by atoms with Crippen molar-refractivity contribution in [2.24, 2.45) is 5.16 Å². The molecule has 0 aliphatic rings. The molecule has 6 heteroatoms. The van der Waals surface area contributed by atoms with Crippen molar-refractivity contribution in [3.05, 3.63) is 29.8 Å². The minimum absolute atomic E-state index is 0.196. The van der Waals surface area contributed by atoms with Crippen LogP contribution in [0.4, 0.5) is 10.5 Å². The van der Waals surface area contributed by atoms with Crippen molar-refractivity contribution in [1.29, 1.82) is 0 Å². The molecule has 1 aromatic carbocycles. The molecule has 0 aromatic heterocycles. The number of amides is 1. The molecule has 0 atom stereocenters. The second-order valence-corrected chi connectivity index (χ2v) is 3.32. The number of esters is 1. The number of benzene rings is 1. The number of anilines is 1. The van der Waals surface area contributed by atoms with Crippen molar-refractivity contribution in [3.8, 4) is 0 Å². The summed E-state index contributed by atoms with van der Waals surface area (Å²) in [5, 5.41) is 5.82. The third-order valence-electron chi connectivity index (χ3n) is 2.02. The van der Waals surface area contributed by atoms with E-state index < -0.39 is 6.09 Å². The fraction of sp³-hybridized carbons (Fsp3) is 0.250. The molecule has 0 unspecified atom stereocenters. The molecule has 96 valence electrons. The Balaban J connectivity index is 2.54. The first kappa shape index (κ1) is 13.7. The van der Waals surface area contributed by atoms with Crippen LogP contribution in [0.1, 0.15) is 12.5 Å². The summed E-state index contributed by atoms with van der Waals surface area (Å²) >= 11 is 0. The van der Waals surface area contributed by atoms with Crippen LogP contribution in [0.5, 0.6) is 0 Å². The van der Waals surface area contributed by atoms with Crippen molar-refractivity contribution >= 4 is 24.0 Å². The first-order valence-electron chi connectivity index (χ1n) is 5.27. The van der Waals surface area contributed by atoms with Crippen LogP contribution in [0.25, 0.3) is 0 Å². The summed E-state index contributed by atoms with van der Waals surface area (Å²) in [6.07, 6.45) is 0.884. The van der Waals surface area contributed by atoms with Crippen LogP contribution >= 0.6 is 0 Å². The molecule has 0 saturated carbocycles. The van der Waals surface area contributed by atoms with E-state index in [1.807, 2.05) is 0 Å². The van der Waals surface area contributed by atoms with Gasteiger partial charge in [-0.25, -0.2) is 4.79 Å². The minimum atomic E-state index is -0.672. The highest BCUT2D eigenvalue weighted by Crippen LogP contribution is 2.10. The van der Waals surface area contributed by atoms with E-state index in [0.717, 1.165) is 5.56 Å². The maximum Gasteiger partial charge on any atom is 0.437 e. The third-order valence-corrected chi connectivity index (χ3v) is 2.02. The molecule has 0 bridgehead atoms. The highest BCUT2D eigenvalue weighted by molar-refractivity contribution is 5.84. The zero-order chi connectivity index (χ0) is 13.4. The van der Waals surface area contributed by atoms with Crippen LogP contribution in [0.2, 0.25) is 0 Å². The molecule has 1 amide bonds. The van der Waals surface area contributed by atoms with Gasteiger partial charge in [-0.1, -0.05) is 17.3 Å². The smallest absolute Gasteiger partial charge is 0.437 e. The second-order valence-electron chi connectivity index (χ2n) is 3.32. The van der Waals surface area contributed by atoms with Crippen molar-refractivity contribution < 1.29 is 19.2 Å². The van der Waals surface area contributed by atoms with E-state index in [2.05, 4.69) is 20.0 Å². The second kappa shape index (κ2) is 7.05. The van der Waals surface area contributed by atoms with Crippen LogP contribution in [-0.2, 0) is 20.8 Å². The molecule has 1 rings (SSSR count). The summed E-state index contributed by atoms with van der Waals surface area (Å²) in [7, 11) is 1.34. The highest BCUT2D eigenvalue weighted by Gasteiger charge is 2.05. The van der Waals surface area contributed by atoms with E-state index >= 15 is 0 Å². The van der Waals surface area contributed by atoms with Gasteiger partial charge in [-0.3, -0.25) is 14.9 Å². The predicted molar refractivity (Wildman–Crippen MR) is 66.4 cm³/mol. The summed E-state index contributed by atoms with van der Waals surface area (Å²) in [5.74, 6) is -0.313. The average molecular weight is 250 g/mol. The number of ether oxygens (including phenoxy) is 1. The Morgan fingerprint density at radius 3 is 2.56 bits per heavy atom. The van der Waals surface area contributed by atoms with Crippen molar-refractivity contribution in [2.75, 3.05) is 12.4 Å². The largest absolute Gasteiger partial charge is 0.469 e. The highest BCUT2D eigenvalue weighted by atomic mass is 16.7. The average Bonchev–Trinajstić information content (AvgIpc) is 2.38. The van der Waals surface area contributed by atoms with E-state index in [9.17, 15) is 9.59 Å². The van der Waals surface area contributed by atoms with Crippen LogP contribution < -0.4 is 5.32 Å². The number of nitrogens with zero attached hydrogens (tertiary/aromatic N) is 1. The number of carbonyl (C=O) groups excluding carboxylic acids is 2. The monoisotopic (exact) mass is 250 g/mol. The van der Waals surface area contributed by atoms with Gasteiger partial charge in [0.15, 0.2) is 0 Å². The lowest BCUT2D eigenvalue weighted by molar-refractivity contribution is -0.139. The van der Waals surface area contributed by atoms with Gasteiger partial charge in [0.2, 0.25) is 0 Å². The molecular formula is C12H14N2O4. The molecule has 1 aromatic rings. The summed E-state index contributed by atoms with van der Waals surface area (Å²) in [6.45, 7) is 1.63. The standard InChI is InChI=1S/C12H14N2O4/c1-3-13-18-12(16)14-10-6-4-9(5-7-10)8-11(15)17-2/h3-7H,8H2,1-2H3,(H,14,16)/b13-3+. The fourth-order valence-electron chi connectivity index (χ4n) is 1.19. The van der Waals surface area contributed by atoms with E-state index in [4.69, 9.17) is 0 Å². The molecule has 18 heavy (non-hydrogen) atoms. The van der Waals surface area contributed by atoms with Crippen molar-refractivity contribution in [3.63, 3.8) is 0 Å². The lowest BCUT2D eigenvalue weighted by Gasteiger charge is -2.04. The topological polar surface area (TPSA) is 77.0 Å². The van der Waals surface area contributed by atoms with E-state index in [0.29, 0.717) is 5.69 Å². The van der Waals surface area contributed by atoms with Gasteiger partial charge in [0.05, 0.1) is 13.5 Å². The van der Waals surface area contributed by atoms with Crippen LogP contribution in [0.15, 0.2) is 29.4 Å². The van der Waals surface area contributed by atoms with Crippen LogP contribution in [0, 0.1) is 0 Å². The maximum absolute atomic E-state index is 11.2. The Hall–Kier alpha value is -2.37. The number of hydrogen-bond acceptors (Lipinski definition) is 5. The molecule has 0 spiro atoms. The zero-order valence-electron chi connectivity index (χ0n) is 10.2. The molecule has 0 radical (unpaired) electrons. The first-order chi connectivity index (χ1) is 8.65. The molecule has 0 aliphatic heterocycles. The van der Waals surface area contributed by atoms with E-state index in [-0.39, 0.29) is 12.4 Å². The molecule has 1 N–H and O–H groups in total. The van der Waals surface area contributed by atoms with E-state index in [1.165, 1.54) is 13.3 Å². The number of rotatable bonds is 4. The van der Waals surface area contributed by atoms with Gasteiger partial charge < -0.3 is 4.74 Å². The normalized spacial score (nSPS) is 10.1. The fourth-order valence-corrected chi connectivity index (χ4v) is 1.19. The molecule has 0 aliphatic carbocycles. The number of carbonyl (C=O) groups is 2. The predicted octanol–water partition coefficient (Wildman–Crippen LogP) is 1.96. The Kier molecular flexibility index (Phi) is 5.37. The summed E-state index contributed by atoms with van der Waals surface area (Å²) in [5.41, 5.74) is 1.35.